The zero-order chi connectivity index (χ0) is 16.9. The Balaban J connectivity index is 1.50. The number of benzene rings is 1. The number of thioether (sulfide) groups is 1. The number of nitrogens with one attached hydrogen (secondary N) is 1. The second-order valence-electron chi connectivity index (χ2n) is 4.84. The van der Waals surface area contributed by atoms with Gasteiger partial charge in [-0.05, 0) is 25.1 Å². The molecule has 9 heteroatoms. The van der Waals surface area contributed by atoms with E-state index in [0.717, 1.165) is 22.5 Å². The van der Waals surface area contributed by atoms with Crippen LogP contribution in [0.2, 0.25) is 0 Å². The highest BCUT2D eigenvalue weighted by Gasteiger charge is 2.11. The van der Waals surface area contributed by atoms with Gasteiger partial charge in [-0.3, -0.25) is 4.79 Å². The number of aryl methyl sites for hydroxylation is 1. The van der Waals surface area contributed by atoms with Crippen molar-refractivity contribution in [3.8, 4) is 0 Å². The van der Waals surface area contributed by atoms with Crippen molar-refractivity contribution >= 4 is 34.7 Å². The van der Waals surface area contributed by atoms with Crippen LogP contribution in [0.3, 0.4) is 0 Å². The Morgan fingerprint density at radius 3 is 3.04 bits per heavy atom. The molecule has 0 aliphatic carbocycles. The summed E-state index contributed by atoms with van der Waals surface area (Å²) in [5.74, 6) is -0.137. The second kappa shape index (κ2) is 7.54. The molecule has 0 saturated carbocycles. The number of carbonyl (C=O) groups excluding carboxylic acids is 1. The molecule has 6 nitrogen and oxygen atoms in total. The smallest absolute Gasteiger partial charge is 0.277 e. The van der Waals surface area contributed by atoms with Crippen LogP contribution in [0.4, 0.5) is 10.1 Å². The van der Waals surface area contributed by atoms with Crippen LogP contribution in [0.15, 0.2) is 39.3 Å². The molecular weight excluding hydrogens is 351 g/mol. The standard InChI is InChI=1S/C15H13FN4O2S2/c1-9-17-12(7-23-9)6-14-19-20-15(22-14)24-8-13(21)18-11-4-2-3-10(16)5-11/h2-5,7H,6,8H2,1H3,(H,18,21). The molecule has 0 aliphatic rings. The molecule has 2 heterocycles. The summed E-state index contributed by atoms with van der Waals surface area (Å²) in [6.07, 6.45) is 0.466. The third-order valence-electron chi connectivity index (χ3n) is 2.88. The number of anilines is 1. The van der Waals surface area contributed by atoms with Gasteiger partial charge in [-0.2, -0.15) is 0 Å². The number of thiazole rings is 1. The molecule has 0 saturated heterocycles. The number of carbonyl (C=O) groups is 1. The van der Waals surface area contributed by atoms with Crippen LogP contribution >= 0.6 is 23.1 Å². The summed E-state index contributed by atoms with van der Waals surface area (Å²) in [4.78, 5) is 16.2. The van der Waals surface area contributed by atoms with Gasteiger partial charge in [0.2, 0.25) is 11.8 Å². The van der Waals surface area contributed by atoms with Crippen molar-refractivity contribution in [2.75, 3.05) is 11.1 Å². The van der Waals surface area contributed by atoms with Crippen LogP contribution in [0.1, 0.15) is 16.6 Å². The van der Waals surface area contributed by atoms with Gasteiger partial charge >= 0.3 is 0 Å². The Hall–Kier alpha value is -2.26. The third-order valence-corrected chi connectivity index (χ3v) is 4.52. The quantitative estimate of drug-likeness (QED) is 0.676. The summed E-state index contributed by atoms with van der Waals surface area (Å²) in [7, 11) is 0. The van der Waals surface area contributed by atoms with E-state index in [2.05, 4.69) is 20.5 Å². The van der Waals surface area contributed by atoms with Crippen LogP contribution in [0.25, 0.3) is 0 Å². The molecule has 1 amide bonds. The van der Waals surface area contributed by atoms with Crippen LogP contribution in [0.5, 0.6) is 0 Å². The predicted octanol–water partition coefficient (Wildman–Crippen LogP) is 3.30. The van der Waals surface area contributed by atoms with Gasteiger partial charge in [0, 0.05) is 11.1 Å². The molecule has 0 bridgehead atoms. The van der Waals surface area contributed by atoms with Crippen molar-refractivity contribution in [3.63, 3.8) is 0 Å². The largest absolute Gasteiger partial charge is 0.416 e. The first-order valence-electron chi connectivity index (χ1n) is 7.00. The first-order chi connectivity index (χ1) is 11.6. The molecule has 3 aromatic rings. The van der Waals surface area contributed by atoms with E-state index < -0.39 is 5.82 Å². The number of hydrogen-bond acceptors (Lipinski definition) is 7. The maximum atomic E-state index is 13.1. The zero-order valence-corrected chi connectivity index (χ0v) is 14.3. The average Bonchev–Trinajstić information content (AvgIpc) is 3.15. The van der Waals surface area contributed by atoms with E-state index in [1.807, 2.05) is 12.3 Å². The Morgan fingerprint density at radius 1 is 1.42 bits per heavy atom. The Morgan fingerprint density at radius 2 is 2.29 bits per heavy atom. The monoisotopic (exact) mass is 364 g/mol. The van der Waals surface area contributed by atoms with E-state index in [9.17, 15) is 9.18 Å². The molecule has 24 heavy (non-hydrogen) atoms. The van der Waals surface area contributed by atoms with Crippen molar-refractivity contribution in [2.24, 2.45) is 0 Å². The Labute approximate surface area is 145 Å². The van der Waals surface area contributed by atoms with Crippen LogP contribution < -0.4 is 5.32 Å². The lowest BCUT2D eigenvalue weighted by molar-refractivity contribution is -0.113. The average molecular weight is 364 g/mol. The van der Waals surface area contributed by atoms with Gasteiger partial charge in [0.1, 0.15) is 5.82 Å². The molecule has 0 fully saturated rings. The second-order valence-corrected chi connectivity index (χ2v) is 6.83. The molecule has 0 unspecified atom stereocenters. The Kier molecular flexibility index (Phi) is 5.21. The topological polar surface area (TPSA) is 80.9 Å². The summed E-state index contributed by atoms with van der Waals surface area (Å²) in [5.41, 5.74) is 1.28. The predicted molar refractivity (Wildman–Crippen MR) is 89.7 cm³/mol. The highest BCUT2D eigenvalue weighted by atomic mass is 32.2. The fourth-order valence-electron chi connectivity index (χ4n) is 1.90. The van der Waals surface area contributed by atoms with Gasteiger partial charge in [-0.1, -0.05) is 17.8 Å². The number of aromatic nitrogens is 3. The van der Waals surface area contributed by atoms with Crippen molar-refractivity contribution in [1.82, 2.24) is 15.2 Å². The molecule has 1 N–H and O–H groups in total. The summed E-state index contributed by atoms with van der Waals surface area (Å²) >= 11 is 2.69. The van der Waals surface area contributed by atoms with Gasteiger partial charge in [0.25, 0.3) is 5.22 Å². The van der Waals surface area contributed by atoms with Crippen LogP contribution in [-0.2, 0) is 11.2 Å². The van der Waals surface area contributed by atoms with Gasteiger partial charge in [0.05, 0.1) is 22.9 Å². The number of nitrogens with zero attached hydrogens (tertiary/aromatic N) is 3. The molecule has 1 aromatic carbocycles. The molecule has 124 valence electrons. The fraction of sp³-hybridized carbons (Fsp3) is 0.200. The minimum absolute atomic E-state index is 0.0912. The summed E-state index contributed by atoms with van der Waals surface area (Å²) in [5, 5.41) is 13.7. The van der Waals surface area contributed by atoms with E-state index in [1.54, 1.807) is 17.4 Å². The highest BCUT2D eigenvalue weighted by molar-refractivity contribution is 7.99. The number of amides is 1. The minimum atomic E-state index is -0.403. The number of halogens is 1. The van der Waals surface area contributed by atoms with Gasteiger partial charge in [-0.15, -0.1) is 21.5 Å². The first kappa shape index (κ1) is 16.6. The van der Waals surface area contributed by atoms with Gasteiger partial charge in [0.15, 0.2) is 0 Å². The normalized spacial score (nSPS) is 10.8. The van der Waals surface area contributed by atoms with Crippen LogP contribution in [0, 0.1) is 12.7 Å². The first-order valence-corrected chi connectivity index (χ1v) is 8.86. The van der Waals surface area contributed by atoms with E-state index in [0.29, 0.717) is 23.2 Å². The van der Waals surface area contributed by atoms with E-state index in [-0.39, 0.29) is 11.7 Å². The van der Waals surface area contributed by atoms with Crippen molar-refractivity contribution < 1.29 is 13.6 Å². The molecule has 0 atom stereocenters. The molecule has 0 radical (unpaired) electrons. The van der Waals surface area contributed by atoms with Crippen molar-refractivity contribution in [3.05, 3.63) is 52.1 Å². The maximum absolute atomic E-state index is 13.1. The summed E-state index contributed by atoms with van der Waals surface area (Å²) < 4.78 is 18.5. The lowest BCUT2D eigenvalue weighted by Gasteiger charge is -2.03. The third kappa shape index (κ3) is 4.62. The minimum Gasteiger partial charge on any atom is -0.416 e. The van der Waals surface area contributed by atoms with Gasteiger partial charge in [-0.25, -0.2) is 9.37 Å². The lowest BCUT2D eigenvalue weighted by atomic mass is 10.3. The SMILES string of the molecule is Cc1nc(Cc2nnc(SCC(=O)Nc3cccc(F)c3)o2)cs1. The number of rotatable bonds is 6. The zero-order valence-electron chi connectivity index (χ0n) is 12.7. The highest BCUT2D eigenvalue weighted by Crippen LogP contribution is 2.19. The lowest BCUT2D eigenvalue weighted by Crippen LogP contribution is -2.14. The van der Waals surface area contributed by atoms with Gasteiger partial charge < -0.3 is 9.73 Å². The molecule has 3 rings (SSSR count). The van der Waals surface area contributed by atoms with Crippen molar-refractivity contribution in [2.45, 2.75) is 18.6 Å². The fourth-order valence-corrected chi connectivity index (χ4v) is 3.10. The van der Waals surface area contributed by atoms with E-state index >= 15 is 0 Å². The summed E-state index contributed by atoms with van der Waals surface area (Å²) in [6.45, 7) is 1.93. The summed E-state index contributed by atoms with van der Waals surface area (Å²) in [6, 6.07) is 5.71. The molecular formula is C15H13FN4O2S2. The van der Waals surface area contributed by atoms with Crippen molar-refractivity contribution in [1.29, 1.82) is 0 Å². The van der Waals surface area contributed by atoms with E-state index in [1.165, 1.54) is 18.2 Å². The number of hydrogen-bond donors (Lipinski definition) is 1. The van der Waals surface area contributed by atoms with Crippen LogP contribution in [-0.4, -0.2) is 26.8 Å². The Bertz CT molecular complexity index is 849. The molecule has 0 spiro atoms. The molecule has 2 aromatic heterocycles. The molecule has 0 aliphatic heterocycles. The van der Waals surface area contributed by atoms with E-state index in [4.69, 9.17) is 4.42 Å². The maximum Gasteiger partial charge on any atom is 0.277 e.